The monoisotopic (exact) mass is 487 g/mol. The van der Waals surface area contributed by atoms with E-state index in [9.17, 15) is 5.11 Å². The molecule has 36 heavy (non-hydrogen) atoms. The summed E-state index contributed by atoms with van der Waals surface area (Å²) in [5, 5.41) is 13.3. The average Bonchev–Trinajstić information content (AvgIpc) is 3.56. The van der Waals surface area contributed by atoms with Gasteiger partial charge >= 0.3 is 0 Å². The van der Waals surface area contributed by atoms with Gasteiger partial charge in [0.2, 0.25) is 0 Å². The van der Waals surface area contributed by atoms with Crippen LogP contribution in [0.1, 0.15) is 37.1 Å². The van der Waals surface area contributed by atoms with E-state index < -0.39 is 18.1 Å². The first kappa shape index (κ1) is 23.1. The zero-order valence-electron chi connectivity index (χ0n) is 20.2. The molecule has 4 aromatic rings. The maximum absolute atomic E-state index is 9.84. The molecule has 2 aromatic heterocycles. The predicted molar refractivity (Wildman–Crippen MR) is 133 cm³/mol. The number of nitrogens with one attached hydrogen (secondary N) is 1. The van der Waals surface area contributed by atoms with Gasteiger partial charge in [0.25, 0.3) is 0 Å². The van der Waals surface area contributed by atoms with E-state index >= 15 is 0 Å². The van der Waals surface area contributed by atoms with E-state index in [0.29, 0.717) is 23.5 Å². The van der Waals surface area contributed by atoms with Crippen LogP contribution in [0.25, 0.3) is 11.2 Å². The van der Waals surface area contributed by atoms with Crippen LogP contribution in [0, 0.1) is 0 Å². The molecule has 0 unspecified atom stereocenters. The fourth-order valence-corrected chi connectivity index (χ4v) is 5.20. The third-order valence-corrected chi connectivity index (χ3v) is 6.82. The fourth-order valence-electron chi connectivity index (χ4n) is 5.20. The molecule has 2 aliphatic heterocycles. The van der Waals surface area contributed by atoms with Gasteiger partial charge in [0, 0.05) is 12.5 Å². The van der Waals surface area contributed by atoms with Crippen LogP contribution in [-0.4, -0.2) is 61.9 Å². The molecule has 9 nitrogen and oxygen atoms in total. The summed E-state index contributed by atoms with van der Waals surface area (Å²) in [5.41, 5.74) is 3.70. The highest BCUT2D eigenvalue weighted by Gasteiger charge is 2.56. The number of aliphatic hydroxyl groups excluding tert-OH is 1. The highest BCUT2D eigenvalue weighted by molar-refractivity contribution is 5.82. The second kappa shape index (κ2) is 9.25. The Morgan fingerprint density at radius 2 is 1.61 bits per heavy atom. The summed E-state index contributed by atoms with van der Waals surface area (Å²) < 4.78 is 20.1. The summed E-state index contributed by atoms with van der Waals surface area (Å²) in [6.07, 6.45) is 1.44. The molecule has 2 saturated heterocycles. The van der Waals surface area contributed by atoms with Crippen LogP contribution in [-0.2, 0) is 14.2 Å². The van der Waals surface area contributed by atoms with Crippen molar-refractivity contribution >= 4 is 17.0 Å². The summed E-state index contributed by atoms with van der Waals surface area (Å²) in [5.74, 6) is 0.0232. The molecule has 0 spiro atoms. The number of rotatable bonds is 7. The van der Waals surface area contributed by atoms with E-state index in [4.69, 9.17) is 14.2 Å². The van der Waals surface area contributed by atoms with Crippen molar-refractivity contribution in [2.45, 2.75) is 50.1 Å². The summed E-state index contributed by atoms with van der Waals surface area (Å²) in [4.78, 5) is 13.6. The molecule has 6 rings (SSSR count). The normalized spacial score (nSPS) is 24.9. The highest BCUT2D eigenvalue weighted by atomic mass is 16.8. The molecule has 0 bridgehead atoms. The molecule has 0 radical (unpaired) electrons. The van der Waals surface area contributed by atoms with Crippen LogP contribution in [0.15, 0.2) is 73.3 Å². The molecule has 2 aliphatic rings. The molecule has 4 heterocycles. The molecule has 0 aliphatic carbocycles. The first-order chi connectivity index (χ1) is 17.5. The minimum atomic E-state index is -0.757. The van der Waals surface area contributed by atoms with Crippen LogP contribution < -0.4 is 5.32 Å². The van der Waals surface area contributed by atoms with Gasteiger partial charge in [-0.3, -0.25) is 4.57 Å². The number of nitrogens with zero attached hydrogens (tertiary/aromatic N) is 4. The second-order valence-electron chi connectivity index (χ2n) is 9.61. The van der Waals surface area contributed by atoms with Crippen molar-refractivity contribution in [3.8, 4) is 0 Å². The minimum Gasteiger partial charge on any atom is -0.394 e. The largest absolute Gasteiger partial charge is 0.394 e. The first-order valence-corrected chi connectivity index (χ1v) is 12.2. The van der Waals surface area contributed by atoms with E-state index in [1.807, 2.05) is 30.5 Å². The van der Waals surface area contributed by atoms with Gasteiger partial charge in [0.1, 0.15) is 24.6 Å². The van der Waals surface area contributed by atoms with Gasteiger partial charge < -0.3 is 24.6 Å². The highest BCUT2D eigenvalue weighted by Crippen LogP contribution is 2.43. The van der Waals surface area contributed by atoms with Crippen molar-refractivity contribution in [1.29, 1.82) is 0 Å². The number of fused-ring (bicyclic) bond motifs is 2. The summed E-state index contributed by atoms with van der Waals surface area (Å²) in [7, 11) is 0. The Morgan fingerprint density at radius 3 is 2.28 bits per heavy atom. The number of ether oxygens (including phenoxy) is 3. The van der Waals surface area contributed by atoms with Gasteiger partial charge in [-0.05, 0) is 25.0 Å². The number of aliphatic hydroxyl groups is 1. The minimum absolute atomic E-state index is 0.134. The Hall–Kier alpha value is -3.37. The molecule has 9 heteroatoms. The zero-order chi connectivity index (χ0) is 24.7. The van der Waals surface area contributed by atoms with E-state index in [1.54, 1.807) is 6.33 Å². The number of benzene rings is 2. The van der Waals surface area contributed by atoms with Crippen molar-refractivity contribution in [3.05, 3.63) is 84.4 Å². The van der Waals surface area contributed by atoms with Gasteiger partial charge in [-0.25, -0.2) is 15.0 Å². The molecule has 186 valence electrons. The van der Waals surface area contributed by atoms with Crippen LogP contribution in [0.5, 0.6) is 0 Å². The summed E-state index contributed by atoms with van der Waals surface area (Å²) in [6, 6.07) is 20.8. The van der Waals surface area contributed by atoms with E-state index in [1.165, 1.54) is 17.5 Å². The van der Waals surface area contributed by atoms with E-state index in [-0.39, 0.29) is 24.7 Å². The molecular weight excluding hydrogens is 458 g/mol. The topological polar surface area (TPSA) is 104 Å². The lowest BCUT2D eigenvalue weighted by Gasteiger charge is -2.24. The molecule has 2 aromatic carbocycles. The molecular formula is C27H29N5O4. The van der Waals surface area contributed by atoms with E-state index in [0.717, 1.165) is 0 Å². The van der Waals surface area contributed by atoms with Crippen LogP contribution >= 0.6 is 0 Å². The molecule has 4 atom stereocenters. The van der Waals surface area contributed by atoms with Gasteiger partial charge in [0.05, 0.1) is 12.9 Å². The van der Waals surface area contributed by atoms with E-state index in [2.05, 4.69) is 68.8 Å². The lowest BCUT2D eigenvalue weighted by Crippen LogP contribution is -2.31. The molecule has 0 saturated carbocycles. The zero-order valence-corrected chi connectivity index (χ0v) is 20.2. The number of imidazole rings is 1. The van der Waals surface area contributed by atoms with Crippen LogP contribution in [0.2, 0.25) is 0 Å². The van der Waals surface area contributed by atoms with Gasteiger partial charge in [-0.15, -0.1) is 0 Å². The number of hydrogen-bond acceptors (Lipinski definition) is 8. The standard InChI is InChI=1S/C27H29N5O4/c1-27(2)35-22-20(14-33)34-26(23(22)36-27)32-16-31-21-24(29-15-30-25(21)32)28-13-19(17-9-5-3-6-10-17)18-11-7-4-8-12-18/h3-12,15-16,19-20,22-23,26,33H,13-14H2,1-2H3,(H,28,29,30)/t20-,22-,23-,26-/m1/s1. The number of anilines is 1. The van der Waals surface area contributed by atoms with Gasteiger partial charge in [-0.2, -0.15) is 0 Å². The smallest absolute Gasteiger partial charge is 0.167 e. The van der Waals surface area contributed by atoms with Crippen LogP contribution in [0.4, 0.5) is 5.82 Å². The Bertz CT molecular complexity index is 1290. The lowest BCUT2D eigenvalue weighted by molar-refractivity contribution is -0.199. The van der Waals surface area contributed by atoms with Crippen LogP contribution in [0.3, 0.4) is 0 Å². The Labute approximate surface area is 209 Å². The first-order valence-electron chi connectivity index (χ1n) is 12.2. The second-order valence-corrected chi connectivity index (χ2v) is 9.61. The molecule has 2 N–H and O–H groups in total. The Kier molecular flexibility index (Phi) is 5.93. The number of hydrogen-bond donors (Lipinski definition) is 2. The lowest BCUT2D eigenvalue weighted by atomic mass is 9.91. The Morgan fingerprint density at radius 1 is 0.944 bits per heavy atom. The quantitative estimate of drug-likeness (QED) is 0.408. The molecule has 2 fully saturated rings. The third-order valence-electron chi connectivity index (χ3n) is 6.82. The third kappa shape index (κ3) is 4.14. The van der Waals surface area contributed by atoms with Gasteiger partial charge in [0.15, 0.2) is 29.0 Å². The van der Waals surface area contributed by atoms with Crippen molar-refractivity contribution in [1.82, 2.24) is 19.5 Å². The predicted octanol–water partition coefficient (Wildman–Crippen LogP) is 3.48. The average molecular weight is 488 g/mol. The fraction of sp³-hybridized carbons (Fsp3) is 0.370. The Balaban J connectivity index is 1.29. The summed E-state index contributed by atoms with van der Waals surface area (Å²) >= 11 is 0. The van der Waals surface area contributed by atoms with Crippen molar-refractivity contribution < 1.29 is 19.3 Å². The molecule has 0 amide bonds. The van der Waals surface area contributed by atoms with Crippen molar-refractivity contribution in [2.75, 3.05) is 18.5 Å². The van der Waals surface area contributed by atoms with Gasteiger partial charge in [-0.1, -0.05) is 60.7 Å². The SMILES string of the molecule is CC1(C)O[C@@H]2[C@H](O1)[C@@H](CO)O[C@H]2n1cnc2c(NCC(c3ccccc3)c3ccccc3)ncnc21. The van der Waals surface area contributed by atoms with Crippen molar-refractivity contribution in [3.63, 3.8) is 0 Å². The summed E-state index contributed by atoms with van der Waals surface area (Å²) in [6.45, 7) is 4.20. The maximum Gasteiger partial charge on any atom is 0.167 e. The number of aromatic nitrogens is 4. The maximum atomic E-state index is 9.84. The van der Waals surface area contributed by atoms with Crippen molar-refractivity contribution in [2.24, 2.45) is 0 Å².